The third-order valence-electron chi connectivity index (χ3n) is 5.39. The third-order valence-corrected chi connectivity index (χ3v) is 5.39. The first kappa shape index (κ1) is 13.1. The Balaban J connectivity index is 2.31. The van der Waals surface area contributed by atoms with Crippen molar-refractivity contribution in [3.05, 3.63) is 12.2 Å². The van der Waals surface area contributed by atoms with Crippen molar-refractivity contribution in [2.75, 3.05) is 0 Å². The quantitative estimate of drug-likeness (QED) is 0.690. The summed E-state index contributed by atoms with van der Waals surface area (Å²) in [7, 11) is 0. The monoisotopic (exact) mass is 238 g/mol. The molecule has 2 N–H and O–H groups in total. The molecule has 2 nitrogen and oxygen atoms in total. The number of fused-ring (bicyclic) bond motifs is 1. The van der Waals surface area contributed by atoms with Gasteiger partial charge in [-0.15, -0.1) is 0 Å². The predicted octanol–water partition coefficient (Wildman–Crippen LogP) is 2.89. The summed E-state index contributed by atoms with van der Waals surface area (Å²) < 4.78 is 0. The molecule has 5 atom stereocenters. The molecular formula is C15H26O2. The molecule has 17 heavy (non-hydrogen) atoms. The SMILES string of the molecule is C=C(C)[C@@]1(O)CC[C@](C)(O)[C@H]2CC[C@@H](C)[C@H]2C1. The van der Waals surface area contributed by atoms with E-state index in [-0.39, 0.29) is 0 Å². The fraction of sp³-hybridized carbons (Fsp3) is 0.867. The van der Waals surface area contributed by atoms with Crippen molar-refractivity contribution in [1.82, 2.24) is 0 Å². The highest BCUT2D eigenvalue weighted by atomic mass is 16.3. The van der Waals surface area contributed by atoms with Crippen molar-refractivity contribution < 1.29 is 10.2 Å². The lowest BCUT2D eigenvalue weighted by atomic mass is 9.76. The first-order valence-corrected chi connectivity index (χ1v) is 6.87. The maximum Gasteiger partial charge on any atom is 0.0855 e. The molecule has 2 aliphatic carbocycles. The molecule has 2 fully saturated rings. The number of aliphatic hydroxyl groups is 2. The van der Waals surface area contributed by atoms with Crippen LogP contribution in [0.5, 0.6) is 0 Å². The van der Waals surface area contributed by atoms with Crippen molar-refractivity contribution in [3.63, 3.8) is 0 Å². The summed E-state index contributed by atoms with van der Waals surface area (Å²) in [5.41, 5.74) is -0.523. The Morgan fingerprint density at radius 3 is 2.47 bits per heavy atom. The van der Waals surface area contributed by atoms with Crippen molar-refractivity contribution in [2.24, 2.45) is 17.8 Å². The van der Waals surface area contributed by atoms with E-state index in [9.17, 15) is 10.2 Å². The molecule has 2 aliphatic rings. The Hall–Kier alpha value is -0.340. The molecular weight excluding hydrogens is 212 g/mol. The topological polar surface area (TPSA) is 40.5 Å². The zero-order chi connectivity index (χ0) is 12.8. The predicted molar refractivity (Wildman–Crippen MR) is 69.6 cm³/mol. The third kappa shape index (κ3) is 2.17. The van der Waals surface area contributed by atoms with Gasteiger partial charge in [0.1, 0.15) is 0 Å². The van der Waals surface area contributed by atoms with Crippen LogP contribution in [0.3, 0.4) is 0 Å². The molecule has 0 unspecified atom stereocenters. The summed E-state index contributed by atoms with van der Waals surface area (Å²) in [5, 5.41) is 21.3. The van der Waals surface area contributed by atoms with Crippen LogP contribution in [0.25, 0.3) is 0 Å². The molecule has 0 spiro atoms. The standard InChI is InChI=1S/C15H26O2/c1-10(2)15(17)8-7-14(4,16)13-6-5-11(3)12(13)9-15/h11-13,16-17H,1,5-9H2,2-4H3/t11-,12-,13+,14+,15-/m1/s1. The smallest absolute Gasteiger partial charge is 0.0855 e. The van der Waals surface area contributed by atoms with Gasteiger partial charge in [-0.3, -0.25) is 0 Å². The number of hydrogen-bond acceptors (Lipinski definition) is 2. The molecule has 0 saturated heterocycles. The average molecular weight is 238 g/mol. The Morgan fingerprint density at radius 2 is 1.88 bits per heavy atom. The van der Waals surface area contributed by atoms with Crippen LogP contribution in [0.15, 0.2) is 12.2 Å². The number of rotatable bonds is 1. The fourth-order valence-corrected chi connectivity index (χ4v) is 3.91. The van der Waals surface area contributed by atoms with Crippen molar-refractivity contribution in [2.45, 2.75) is 64.1 Å². The number of hydrogen-bond donors (Lipinski definition) is 2. The van der Waals surface area contributed by atoms with Crippen LogP contribution < -0.4 is 0 Å². The molecule has 0 aromatic carbocycles. The first-order valence-electron chi connectivity index (χ1n) is 6.87. The van der Waals surface area contributed by atoms with Crippen LogP contribution in [-0.4, -0.2) is 21.4 Å². The van der Waals surface area contributed by atoms with Crippen molar-refractivity contribution in [1.29, 1.82) is 0 Å². The van der Waals surface area contributed by atoms with Gasteiger partial charge in [-0.2, -0.15) is 0 Å². The van der Waals surface area contributed by atoms with Crippen LogP contribution in [0, 0.1) is 17.8 Å². The Kier molecular flexibility index (Phi) is 3.16. The van der Waals surface area contributed by atoms with Crippen molar-refractivity contribution in [3.8, 4) is 0 Å². The van der Waals surface area contributed by atoms with Gasteiger partial charge >= 0.3 is 0 Å². The van der Waals surface area contributed by atoms with Gasteiger partial charge in [-0.25, -0.2) is 0 Å². The van der Waals surface area contributed by atoms with Crippen LogP contribution in [0.1, 0.15) is 52.9 Å². The van der Waals surface area contributed by atoms with E-state index in [4.69, 9.17) is 0 Å². The molecule has 0 aromatic rings. The van der Waals surface area contributed by atoms with E-state index in [0.29, 0.717) is 30.6 Å². The highest BCUT2D eigenvalue weighted by Crippen LogP contribution is 2.52. The second-order valence-electron chi connectivity index (χ2n) is 6.70. The fourth-order valence-electron chi connectivity index (χ4n) is 3.91. The molecule has 0 aliphatic heterocycles. The van der Waals surface area contributed by atoms with E-state index >= 15 is 0 Å². The molecule has 2 saturated carbocycles. The van der Waals surface area contributed by atoms with Crippen LogP contribution in [-0.2, 0) is 0 Å². The highest BCUT2D eigenvalue weighted by molar-refractivity contribution is 5.14. The highest BCUT2D eigenvalue weighted by Gasteiger charge is 2.50. The Morgan fingerprint density at radius 1 is 1.24 bits per heavy atom. The second-order valence-corrected chi connectivity index (χ2v) is 6.70. The van der Waals surface area contributed by atoms with E-state index in [2.05, 4.69) is 13.5 Å². The van der Waals surface area contributed by atoms with Crippen LogP contribution in [0.2, 0.25) is 0 Å². The summed E-state index contributed by atoms with van der Waals surface area (Å²) in [6.45, 7) is 10.1. The lowest BCUT2D eigenvalue weighted by Crippen LogP contribution is -2.36. The molecule has 0 heterocycles. The summed E-state index contributed by atoms with van der Waals surface area (Å²) in [6.07, 6.45) is 4.40. The first-order chi connectivity index (χ1) is 7.76. The zero-order valence-corrected chi connectivity index (χ0v) is 11.4. The molecule has 0 amide bonds. The molecule has 2 rings (SSSR count). The normalized spacial score (nSPS) is 50.8. The minimum atomic E-state index is -0.762. The van der Waals surface area contributed by atoms with Gasteiger partial charge in [0.05, 0.1) is 11.2 Å². The average Bonchev–Trinajstić information content (AvgIpc) is 2.53. The maximum atomic E-state index is 10.7. The van der Waals surface area contributed by atoms with E-state index in [1.807, 2.05) is 13.8 Å². The summed E-state index contributed by atoms with van der Waals surface area (Å²) >= 11 is 0. The largest absolute Gasteiger partial charge is 0.390 e. The van der Waals surface area contributed by atoms with Gasteiger partial charge in [0.15, 0.2) is 0 Å². The van der Waals surface area contributed by atoms with E-state index in [0.717, 1.165) is 18.4 Å². The summed E-state index contributed by atoms with van der Waals surface area (Å²) in [4.78, 5) is 0. The van der Waals surface area contributed by atoms with Gasteiger partial charge < -0.3 is 10.2 Å². The van der Waals surface area contributed by atoms with E-state index in [1.54, 1.807) is 0 Å². The van der Waals surface area contributed by atoms with Crippen molar-refractivity contribution >= 4 is 0 Å². The Bertz CT molecular complexity index is 321. The zero-order valence-electron chi connectivity index (χ0n) is 11.4. The van der Waals surface area contributed by atoms with E-state index in [1.165, 1.54) is 6.42 Å². The minimum absolute atomic E-state index is 0.353. The maximum absolute atomic E-state index is 10.7. The van der Waals surface area contributed by atoms with E-state index < -0.39 is 11.2 Å². The second kappa shape index (κ2) is 4.10. The molecule has 98 valence electrons. The van der Waals surface area contributed by atoms with Crippen LogP contribution in [0.4, 0.5) is 0 Å². The van der Waals surface area contributed by atoms with Gasteiger partial charge in [0.25, 0.3) is 0 Å². The summed E-state index contributed by atoms with van der Waals surface area (Å²) in [5.74, 6) is 1.40. The van der Waals surface area contributed by atoms with Gasteiger partial charge in [-0.05, 0) is 62.9 Å². The lowest BCUT2D eigenvalue weighted by Gasteiger charge is -2.33. The Labute approximate surface area is 105 Å². The van der Waals surface area contributed by atoms with Gasteiger partial charge in [-0.1, -0.05) is 19.9 Å². The van der Waals surface area contributed by atoms with Crippen LogP contribution >= 0.6 is 0 Å². The molecule has 0 aromatic heterocycles. The molecule has 0 radical (unpaired) electrons. The minimum Gasteiger partial charge on any atom is -0.390 e. The summed E-state index contributed by atoms with van der Waals surface area (Å²) in [6, 6.07) is 0. The molecule has 0 bridgehead atoms. The van der Waals surface area contributed by atoms with Gasteiger partial charge in [0.2, 0.25) is 0 Å². The molecule has 2 heteroatoms. The van der Waals surface area contributed by atoms with Gasteiger partial charge in [0, 0.05) is 0 Å². The lowest BCUT2D eigenvalue weighted by molar-refractivity contribution is -0.0210.